The number of carbonyl (C=O) groups excluding carboxylic acids is 1. The molecule has 1 rings (SSSR count). The molecule has 0 saturated carbocycles. The first kappa shape index (κ1) is 9.48. The van der Waals surface area contributed by atoms with E-state index >= 15 is 0 Å². The van der Waals surface area contributed by atoms with Crippen molar-refractivity contribution < 1.29 is 4.79 Å². The summed E-state index contributed by atoms with van der Waals surface area (Å²) in [5.74, 6) is -0.148. The zero-order chi connectivity index (χ0) is 8.97. The van der Waals surface area contributed by atoms with Crippen molar-refractivity contribution in [2.75, 3.05) is 0 Å². The summed E-state index contributed by atoms with van der Waals surface area (Å²) in [5.41, 5.74) is 1.73. The Bertz CT molecular complexity index is 248. The average Bonchev–Trinajstić information content (AvgIpc) is 2.51. The first-order valence-corrected chi connectivity index (χ1v) is 4.81. The van der Waals surface area contributed by atoms with E-state index in [-0.39, 0.29) is 5.91 Å². The first-order chi connectivity index (χ1) is 5.70. The highest BCUT2D eigenvalue weighted by Crippen LogP contribution is 2.04. The molecule has 66 valence electrons. The highest BCUT2D eigenvalue weighted by molar-refractivity contribution is 7.09. The highest BCUT2D eigenvalue weighted by atomic mass is 35.5. The van der Waals surface area contributed by atoms with Gasteiger partial charge in [-0.2, -0.15) is 0 Å². The van der Waals surface area contributed by atoms with Gasteiger partial charge in [0.05, 0.1) is 12.1 Å². The Hall–Kier alpha value is -0.610. The van der Waals surface area contributed by atoms with Gasteiger partial charge < -0.3 is 5.32 Å². The number of thiazole rings is 1. The van der Waals surface area contributed by atoms with Crippen molar-refractivity contribution in [1.82, 2.24) is 10.3 Å². The molecular weight excluding hydrogens is 196 g/mol. The summed E-state index contributed by atoms with van der Waals surface area (Å²) in [6.07, 6.45) is 1.73. The Morgan fingerprint density at radius 2 is 2.67 bits per heavy atom. The molecule has 1 heterocycles. The smallest absolute Gasteiger partial charge is 0.238 e. The van der Waals surface area contributed by atoms with Crippen LogP contribution in [0.15, 0.2) is 11.7 Å². The van der Waals surface area contributed by atoms with Gasteiger partial charge in [0.15, 0.2) is 0 Å². The molecule has 1 N–H and O–H groups in total. The zero-order valence-corrected chi connectivity index (χ0v) is 8.15. The number of nitrogens with zero attached hydrogens (tertiary/aromatic N) is 1. The van der Waals surface area contributed by atoms with Crippen molar-refractivity contribution in [1.29, 1.82) is 0 Å². The molecule has 1 atom stereocenters. The number of hydrogen-bond acceptors (Lipinski definition) is 3. The van der Waals surface area contributed by atoms with Crippen molar-refractivity contribution >= 4 is 28.8 Å². The lowest BCUT2D eigenvalue weighted by Gasteiger charge is -2.03. The fourth-order valence-electron chi connectivity index (χ4n) is 0.644. The number of nitrogens with one attached hydrogen (secondary N) is 1. The summed E-state index contributed by atoms with van der Waals surface area (Å²) in [7, 11) is 0. The summed E-state index contributed by atoms with van der Waals surface area (Å²) in [4.78, 5) is 15.9. The maximum atomic E-state index is 11.0. The normalized spacial score (nSPS) is 12.5. The summed E-state index contributed by atoms with van der Waals surface area (Å²) < 4.78 is 0. The molecule has 0 aliphatic heterocycles. The molecule has 0 aliphatic carbocycles. The maximum absolute atomic E-state index is 11.0. The van der Waals surface area contributed by atoms with Gasteiger partial charge in [0.1, 0.15) is 5.38 Å². The molecule has 0 aliphatic rings. The lowest BCUT2D eigenvalue weighted by Crippen LogP contribution is -2.28. The maximum Gasteiger partial charge on any atom is 0.238 e. The van der Waals surface area contributed by atoms with Crippen LogP contribution in [0.5, 0.6) is 0 Å². The molecule has 5 heteroatoms. The second-order valence-electron chi connectivity index (χ2n) is 2.30. The van der Waals surface area contributed by atoms with Gasteiger partial charge in [0.2, 0.25) is 5.91 Å². The third-order valence-corrected chi connectivity index (χ3v) is 2.26. The third-order valence-electron chi connectivity index (χ3n) is 1.28. The second kappa shape index (κ2) is 4.42. The van der Waals surface area contributed by atoms with Gasteiger partial charge in [-0.25, -0.2) is 0 Å². The fraction of sp³-hybridized carbons (Fsp3) is 0.429. The molecule has 0 bridgehead atoms. The number of amides is 1. The fourth-order valence-corrected chi connectivity index (χ4v) is 1.26. The topological polar surface area (TPSA) is 42.0 Å². The van der Waals surface area contributed by atoms with Crippen LogP contribution >= 0.6 is 22.9 Å². The predicted octanol–water partition coefficient (Wildman–Crippen LogP) is 1.39. The van der Waals surface area contributed by atoms with Crippen LogP contribution in [0, 0.1) is 0 Å². The molecule has 12 heavy (non-hydrogen) atoms. The van der Waals surface area contributed by atoms with Gasteiger partial charge in [-0.3, -0.25) is 9.78 Å². The van der Waals surface area contributed by atoms with Crippen LogP contribution in [0.4, 0.5) is 0 Å². The Morgan fingerprint density at radius 3 is 3.17 bits per heavy atom. The molecule has 0 radical (unpaired) electrons. The molecular formula is C7H9ClN2OS. The van der Waals surface area contributed by atoms with Crippen LogP contribution in [0.2, 0.25) is 0 Å². The number of alkyl halides is 1. The molecule has 3 nitrogen and oxygen atoms in total. The van der Waals surface area contributed by atoms with Gasteiger partial charge in [-0.15, -0.1) is 22.9 Å². The molecule has 0 aromatic carbocycles. The van der Waals surface area contributed by atoms with Crippen LogP contribution < -0.4 is 5.32 Å². The number of halogens is 1. The third kappa shape index (κ3) is 2.79. The summed E-state index contributed by atoms with van der Waals surface area (Å²) in [6, 6.07) is 0. The minimum atomic E-state index is -0.474. The molecule has 1 aromatic heterocycles. The quantitative estimate of drug-likeness (QED) is 0.757. The Morgan fingerprint density at radius 1 is 1.92 bits per heavy atom. The number of aromatic nitrogens is 1. The summed E-state index contributed by atoms with van der Waals surface area (Å²) >= 11 is 7.05. The Kier molecular flexibility index (Phi) is 3.49. The van der Waals surface area contributed by atoms with Gasteiger partial charge in [-0.05, 0) is 6.92 Å². The van der Waals surface area contributed by atoms with E-state index in [9.17, 15) is 4.79 Å². The standard InChI is InChI=1S/C7H9ClN2OS/c1-5(8)7(11)10-3-6-2-9-4-12-6/h2,4-5H,3H2,1H3,(H,10,11). The number of rotatable bonds is 3. The van der Waals surface area contributed by atoms with Crippen molar-refractivity contribution in [2.45, 2.75) is 18.8 Å². The highest BCUT2D eigenvalue weighted by Gasteiger charge is 2.07. The number of hydrogen-bond donors (Lipinski definition) is 1. The molecule has 0 fully saturated rings. The Balaban J connectivity index is 2.32. The number of carbonyl (C=O) groups is 1. The van der Waals surface area contributed by atoms with E-state index in [4.69, 9.17) is 11.6 Å². The molecule has 1 unspecified atom stereocenters. The van der Waals surface area contributed by atoms with Crippen molar-refractivity contribution in [3.63, 3.8) is 0 Å². The largest absolute Gasteiger partial charge is 0.350 e. The SMILES string of the molecule is CC(Cl)C(=O)NCc1cncs1. The predicted molar refractivity (Wildman–Crippen MR) is 49.3 cm³/mol. The van der Waals surface area contributed by atoms with Gasteiger partial charge in [-0.1, -0.05) is 0 Å². The van der Waals surface area contributed by atoms with Crippen LogP contribution in [0.3, 0.4) is 0 Å². The van der Waals surface area contributed by atoms with E-state index in [1.807, 2.05) is 0 Å². The summed E-state index contributed by atoms with van der Waals surface area (Å²) in [5, 5.41) is 2.21. The van der Waals surface area contributed by atoms with Crippen LogP contribution in [-0.2, 0) is 11.3 Å². The molecule has 1 amide bonds. The second-order valence-corrected chi connectivity index (χ2v) is 3.93. The van der Waals surface area contributed by atoms with Gasteiger partial charge in [0, 0.05) is 11.1 Å². The average molecular weight is 205 g/mol. The molecule has 0 saturated heterocycles. The summed E-state index contributed by atoms with van der Waals surface area (Å²) in [6.45, 7) is 2.16. The zero-order valence-electron chi connectivity index (χ0n) is 6.58. The lowest BCUT2D eigenvalue weighted by atomic mass is 10.4. The van der Waals surface area contributed by atoms with E-state index in [2.05, 4.69) is 10.3 Å². The molecule has 1 aromatic rings. The minimum Gasteiger partial charge on any atom is -0.350 e. The molecule has 0 spiro atoms. The van der Waals surface area contributed by atoms with E-state index in [0.717, 1.165) is 4.88 Å². The first-order valence-electron chi connectivity index (χ1n) is 3.49. The van der Waals surface area contributed by atoms with E-state index < -0.39 is 5.38 Å². The van der Waals surface area contributed by atoms with E-state index in [0.29, 0.717) is 6.54 Å². The van der Waals surface area contributed by atoms with E-state index in [1.165, 1.54) is 11.3 Å². The van der Waals surface area contributed by atoms with Crippen LogP contribution in [0.25, 0.3) is 0 Å². The monoisotopic (exact) mass is 204 g/mol. The van der Waals surface area contributed by atoms with Gasteiger partial charge >= 0.3 is 0 Å². The van der Waals surface area contributed by atoms with Crippen LogP contribution in [-0.4, -0.2) is 16.3 Å². The van der Waals surface area contributed by atoms with Crippen LogP contribution in [0.1, 0.15) is 11.8 Å². The minimum absolute atomic E-state index is 0.148. The lowest BCUT2D eigenvalue weighted by molar-refractivity contribution is -0.120. The van der Waals surface area contributed by atoms with Crippen molar-refractivity contribution in [3.8, 4) is 0 Å². The van der Waals surface area contributed by atoms with Crippen molar-refractivity contribution in [2.24, 2.45) is 0 Å². The van der Waals surface area contributed by atoms with E-state index in [1.54, 1.807) is 18.6 Å². The van der Waals surface area contributed by atoms with Crippen molar-refractivity contribution in [3.05, 3.63) is 16.6 Å². The Labute approximate surface area is 79.8 Å². The van der Waals surface area contributed by atoms with Gasteiger partial charge in [0.25, 0.3) is 0 Å².